The lowest BCUT2D eigenvalue weighted by Gasteiger charge is -2.23. The lowest BCUT2D eigenvalue weighted by Crippen LogP contribution is -2.26. The number of alkyl halides is 1. The Kier molecular flexibility index (Phi) is 4.37. The molecule has 1 aromatic carbocycles. The number of nitrogens with one attached hydrogen (secondary N) is 1. The molecule has 1 atom stereocenters. The largest absolute Gasteiger partial charge is 0.491 e. The first kappa shape index (κ1) is 12.4. The van der Waals surface area contributed by atoms with E-state index in [1.54, 1.807) is 0 Å². The van der Waals surface area contributed by atoms with E-state index in [2.05, 4.69) is 17.4 Å². The van der Waals surface area contributed by atoms with Gasteiger partial charge in [0, 0.05) is 0 Å². The van der Waals surface area contributed by atoms with Crippen molar-refractivity contribution in [3.05, 3.63) is 29.8 Å². The summed E-state index contributed by atoms with van der Waals surface area (Å²) in [5.74, 6) is 1.41. The Morgan fingerprint density at radius 1 is 1.29 bits per heavy atom. The smallest absolute Gasteiger partial charge is 0.131 e. The van der Waals surface area contributed by atoms with Crippen molar-refractivity contribution in [2.24, 2.45) is 0 Å². The fourth-order valence-electron chi connectivity index (χ4n) is 2.20. The molecule has 1 aromatic rings. The first-order valence-corrected chi connectivity index (χ1v) is 6.33. The van der Waals surface area contributed by atoms with E-state index in [0.717, 1.165) is 18.8 Å². The summed E-state index contributed by atoms with van der Waals surface area (Å²) >= 11 is 0. The summed E-state index contributed by atoms with van der Waals surface area (Å²) in [5, 5.41) is 3.36. The van der Waals surface area contributed by atoms with E-state index in [1.165, 1.54) is 25.3 Å². The van der Waals surface area contributed by atoms with Crippen molar-refractivity contribution in [1.29, 1.82) is 0 Å². The van der Waals surface area contributed by atoms with Gasteiger partial charge in [0.1, 0.15) is 18.5 Å². The Labute approximate surface area is 102 Å². The SMILES string of the molecule is CC(F)COc1ccc(C2CCNCC2)cc1. The molecule has 0 aromatic heterocycles. The third-order valence-corrected chi connectivity index (χ3v) is 3.17. The summed E-state index contributed by atoms with van der Waals surface area (Å²) in [4.78, 5) is 0. The summed E-state index contributed by atoms with van der Waals surface area (Å²) < 4.78 is 17.9. The topological polar surface area (TPSA) is 21.3 Å². The van der Waals surface area contributed by atoms with Crippen LogP contribution in [0, 0.1) is 0 Å². The molecule has 0 spiro atoms. The van der Waals surface area contributed by atoms with Crippen LogP contribution in [0.2, 0.25) is 0 Å². The van der Waals surface area contributed by atoms with Gasteiger partial charge < -0.3 is 10.1 Å². The number of ether oxygens (including phenoxy) is 1. The second kappa shape index (κ2) is 6.01. The van der Waals surface area contributed by atoms with Crippen LogP contribution in [0.15, 0.2) is 24.3 Å². The van der Waals surface area contributed by atoms with Gasteiger partial charge in [-0.05, 0) is 56.5 Å². The van der Waals surface area contributed by atoms with Gasteiger partial charge in [0.25, 0.3) is 0 Å². The Balaban J connectivity index is 1.92. The number of rotatable bonds is 4. The summed E-state index contributed by atoms with van der Waals surface area (Å²) in [7, 11) is 0. The highest BCUT2D eigenvalue weighted by atomic mass is 19.1. The minimum absolute atomic E-state index is 0.132. The number of halogens is 1. The second-order valence-corrected chi connectivity index (χ2v) is 4.69. The molecular weight excluding hydrogens is 217 g/mol. The van der Waals surface area contributed by atoms with Crippen molar-refractivity contribution in [1.82, 2.24) is 5.32 Å². The maximum Gasteiger partial charge on any atom is 0.131 e. The van der Waals surface area contributed by atoms with Crippen LogP contribution in [0.5, 0.6) is 5.75 Å². The molecule has 17 heavy (non-hydrogen) atoms. The third kappa shape index (κ3) is 3.70. The molecular formula is C14H20FNO. The molecule has 0 bridgehead atoms. The molecule has 2 rings (SSSR count). The van der Waals surface area contributed by atoms with Gasteiger partial charge in [0.2, 0.25) is 0 Å². The quantitative estimate of drug-likeness (QED) is 0.869. The summed E-state index contributed by atoms with van der Waals surface area (Å²) in [5.41, 5.74) is 1.37. The van der Waals surface area contributed by atoms with Gasteiger partial charge >= 0.3 is 0 Å². The third-order valence-electron chi connectivity index (χ3n) is 3.17. The second-order valence-electron chi connectivity index (χ2n) is 4.69. The van der Waals surface area contributed by atoms with Crippen molar-refractivity contribution in [3.63, 3.8) is 0 Å². The van der Waals surface area contributed by atoms with E-state index < -0.39 is 6.17 Å². The van der Waals surface area contributed by atoms with Gasteiger partial charge in [0.15, 0.2) is 0 Å². The Bertz CT molecular complexity index is 331. The summed E-state index contributed by atoms with van der Waals surface area (Å²) in [6, 6.07) is 8.10. The van der Waals surface area contributed by atoms with Crippen molar-refractivity contribution >= 4 is 0 Å². The van der Waals surface area contributed by atoms with Gasteiger partial charge in [-0.25, -0.2) is 4.39 Å². The van der Waals surface area contributed by atoms with Gasteiger partial charge in [-0.2, -0.15) is 0 Å². The van der Waals surface area contributed by atoms with Crippen molar-refractivity contribution in [2.75, 3.05) is 19.7 Å². The van der Waals surface area contributed by atoms with Gasteiger partial charge in [0.05, 0.1) is 0 Å². The maximum atomic E-state index is 12.6. The summed E-state index contributed by atoms with van der Waals surface area (Å²) in [6.07, 6.45) is 1.47. The van der Waals surface area contributed by atoms with Crippen molar-refractivity contribution < 1.29 is 9.13 Å². The highest BCUT2D eigenvalue weighted by Crippen LogP contribution is 2.26. The average molecular weight is 237 g/mol. The highest BCUT2D eigenvalue weighted by Gasteiger charge is 2.14. The highest BCUT2D eigenvalue weighted by molar-refractivity contribution is 5.29. The fourth-order valence-corrected chi connectivity index (χ4v) is 2.20. The van der Waals surface area contributed by atoms with Crippen molar-refractivity contribution in [3.8, 4) is 5.75 Å². The molecule has 1 fully saturated rings. The van der Waals surface area contributed by atoms with Gasteiger partial charge in [-0.3, -0.25) is 0 Å². The molecule has 0 aliphatic carbocycles. The van der Waals surface area contributed by atoms with Crippen LogP contribution in [0.3, 0.4) is 0 Å². The first-order chi connectivity index (χ1) is 8.25. The summed E-state index contributed by atoms with van der Waals surface area (Å²) in [6.45, 7) is 3.83. The molecule has 1 aliphatic rings. The van der Waals surface area contributed by atoms with E-state index in [-0.39, 0.29) is 6.61 Å². The standard InChI is InChI=1S/C14H20FNO/c1-11(15)10-17-14-4-2-12(3-5-14)13-6-8-16-9-7-13/h2-5,11,13,16H,6-10H2,1H3. The zero-order chi connectivity index (χ0) is 12.1. The van der Waals surface area contributed by atoms with E-state index >= 15 is 0 Å². The normalized spacial score (nSPS) is 18.9. The zero-order valence-corrected chi connectivity index (χ0v) is 10.3. The monoisotopic (exact) mass is 237 g/mol. The molecule has 1 heterocycles. The van der Waals surface area contributed by atoms with Gasteiger partial charge in [-0.15, -0.1) is 0 Å². The molecule has 94 valence electrons. The fraction of sp³-hybridized carbons (Fsp3) is 0.571. The van der Waals surface area contributed by atoms with E-state index in [4.69, 9.17) is 4.74 Å². The van der Waals surface area contributed by atoms with Crippen LogP contribution in [0.1, 0.15) is 31.2 Å². The molecule has 1 saturated heterocycles. The number of hydrogen-bond acceptors (Lipinski definition) is 2. The zero-order valence-electron chi connectivity index (χ0n) is 10.3. The molecule has 1 N–H and O–H groups in total. The van der Waals surface area contributed by atoms with Crippen LogP contribution < -0.4 is 10.1 Å². The minimum Gasteiger partial charge on any atom is -0.491 e. The predicted molar refractivity (Wildman–Crippen MR) is 67.4 cm³/mol. The van der Waals surface area contributed by atoms with Crippen LogP contribution in [0.4, 0.5) is 4.39 Å². The number of piperidine rings is 1. The Morgan fingerprint density at radius 2 is 1.94 bits per heavy atom. The van der Waals surface area contributed by atoms with Crippen LogP contribution in [0.25, 0.3) is 0 Å². The molecule has 0 radical (unpaired) electrons. The maximum absolute atomic E-state index is 12.6. The number of hydrogen-bond donors (Lipinski definition) is 1. The molecule has 0 saturated carbocycles. The first-order valence-electron chi connectivity index (χ1n) is 6.33. The molecule has 1 aliphatic heterocycles. The van der Waals surface area contributed by atoms with E-state index in [0.29, 0.717) is 5.92 Å². The van der Waals surface area contributed by atoms with Crippen LogP contribution in [-0.2, 0) is 0 Å². The Hall–Kier alpha value is -1.09. The lowest BCUT2D eigenvalue weighted by atomic mass is 9.90. The molecule has 0 amide bonds. The minimum atomic E-state index is -0.918. The molecule has 3 heteroatoms. The predicted octanol–water partition coefficient (Wildman–Crippen LogP) is 2.89. The van der Waals surface area contributed by atoms with E-state index in [1.807, 2.05) is 12.1 Å². The van der Waals surface area contributed by atoms with Gasteiger partial charge in [-0.1, -0.05) is 12.1 Å². The number of benzene rings is 1. The molecule has 2 nitrogen and oxygen atoms in total. The van der Waals surface area contributed by atoms with Crippen LogP contribution in [-0.4, -0.2) is 25.9 Å². The molecule has 1 unspecified atom stereocenters. The Morgan fingerprint density at radius 3 is 2.53 bits per heavy atom. The average Bonchev–Trinajstić information content (AvgIpc) is 2.38. The van der Waals surface area contributed by atoms with Crippen LogP contribution >= 0.6 is 0 Å². The van der Waals surface area contributed by atoms with Crippen molar-refractivity contribution in [2.45, 2.75) is 31.9 Å². The lowest BCUT2D eigenvalue weighted by molar-refractivity contribution is 0.209. The van der Waals surface area contributed by atoms with E-state index in [9.17, 15) is 4.39 Å².